The van der Waals surface area contributed by atoms with E-state index < -0.39 is 0 Å². The van der Waals surface area contributed by atoms with Gasteiger partial charge in [-0.25, -0.2) is 4.98 Å². The van der Waals surface area contributed by atoms with Crippen LogP contribution in [-0.2, 0) is 13.1 Å². The first-order valence-corrected chi connectivity index (χ1v) is 8.83. The smallest absolute Gasteiger partial charge is 0.253 e. The molecular weight excluding hydrogens is 314 g/mol. The first-order valence-electron chi connectivity index (χ1n) is 8.83. The standard InChI is InChI=1S/C20H25N3O2/c1-25-19-10-9-18(14-21-19)20(24)22-13-16-5-7-17(8-6-16)15-23-11-3-2-4-12-23/h5-10,14H,2-4,11-13,15H2,1H3,(H,22,24). The summed E-state index contributed by atoms with van der Waals surface area (Å²) in [5.41, 5.74) is 2.95. The van der Waals surface area contributed by atoms with E-state index in [1.807, 2.05) is 0 Å². The molecule has 3 rings (SSSR count). The van der Waals surface area contributed by atoms with Crippen LogP contribution < -0.4 is 10.1 Å². The van der Waals surface area contributed by atoms with Gasteiger partial charge in [-0.05, 0) is 43.1 Å². The molecule has 1 N–H and O–H groups in total. The maximum Gasteiger partial charge on any atom is 0.253 e. The molecule has 2 aromatic rings. The molecule has 0 unspecified atom stereocenters. The number of pyridine rings is 1. The van der Waals surface area contributed by atoms with Gasteiger partial charge in [-0.1, -0.05) is 30.7 Å². The summed E-state index contributed by atoms with van der Waals surface area (Å²) in [5, 5.41) is 2.92. The zero-order valence-corrected chi connectivity index (χ0v) is 14.7. The highest BCUT2D eigenvalue weighted by Gasteiger charge is 2.10. The second-order valence-corrected chi connectivity index (χ2v) is 6.43. The van der Waals surface area contributed by atoms with Gasteiger partial charge in [-0.3, -0.25) is 9.69 Å². The van der Waals surface area contributed by atoms with Gasteiger partial charge >= 0.3 is 0 Å². The van der Waals surface area contributed by atoms with Crippen LogP contribution in [0.3, 0.4) is 0 Å². The van der Waals surface area contributed by atoms with Crippen molar-refractivity contribution in [2.24, 2.45) is 0 Å². The van der Waals surface area contributed by atoms with Crippen LogP contribution in [0, 0.1) is 0 Å². The van der Waals surface area contributed by atoms with Gasteiger partial charge in [-0.2, -0.15) is 0 Å². The van der Waals surface area contributed by atoms with Gasteiger partial charge < -0.3 is 10.1 Å². The van der Waals surface area contributed by atoms with Gasteiger partial charge in [-0.15, -0.1) is 0 Å². The third-order valence-corrected chi connectivity index (χ3v) is 4.54. The molecule has 5 heteroatoms. The van der Waals surface area contributed by atoms with E-state index in [0.29, 0.717) is 18.0 Å². The van der Waals surface area contributed by atoms with Crippen molar-refractivity contribution in [1.29, 1.82) is 0 Å². The fraction of sp³-hybridized carbons (Fsp3) is 0.400. The van der Waals surface area contributed by atoms with E-state index >= 15 is 0 Å². The summed E-state index contributed by atoms with van der Waals surface area (Å²) < 4.78 is 5.00. The number of carbonyl (C=O) groups excluding carboxylic acids is 1. The summed E-state index contributed by atoms with van der Waals surface area (Å²) in [6.07, 6.45) is 5.50. The molecule has 0 bridgehead atoms. The van der Waals surface area contributed by atoms with Crippen molar-refractivity contribution in [1.82, 2.24) is 15.2 Å². The van der Waals surface area contributed by atoms with Crippen molar-refractivity contribution >= 4 is 5.91 Å². The van der Waals surface area contributed by atoms with E-state index in [9.17, 15) is 4.79 Å². The molecule has 0 atom stereocenters. The number of nitrogens with one attached hydrogen (secondary N) is 1. The summed E-state index contributed by atoms with van der Waals surface area (Å²) in [6.45, 7) is 3.93. The van der Waals surface area contributed by atoms with Crippen LogP contribution in [0.4, 0.5) is 0 Å². The van der Waals surface area contributed by atoms with Crippen molar-refractivity contribution in [3.05, 3.63) is 59.3 Å². The minimum Gasteiger partial charge on any atom is -0.481 e. The molecule has 1 fully saturated rings. The molecular formula is C20H25N3O2. The number of aromatic nitrogens is 1. The lowest BCUT2D eigenvalue weighted by molar-refractivity contribution is 0.0950. The molecule has 1 saturated heterocycles. The van der Waals surface area contributed by atoms with Crippen LogP contribution >= 0.6 is 0 Å². The number of rotatable bonds is 6. The molecule has 1 aromatic carbocycles. The molecule has 1 aliphatic rings. The quantitative estimate of drug-likeness (QED) is 0.879. The van der Waals surface area contributed by atoms with Crippen molar-refractivity contribution < 1.29 is 9.53 Å². The fourth-order valence-electron chi connectivity index (χ4n) is 3.06. The number of nitrogens with zero attached hydrogens (tertiary/aromatic N) is 2. The monoisotopic (exact) mass is 339 g/mol. The topological polar surface area (TPSA) is 54.5 Å². The van der Waals surface area contributed by atoms with Gasteiger partial charge in [0.1, 0.15) is 0 Å². The van der Waals surface area contributed by atoms with Gasteiger partial charge in [0.15, 0.2) is 0 Å². The molecule has 1 amide bonds. The maximum atomic E-state index is 12.1. The van der Waals surface area contributed by atoms with Crippen LogP contribution in [0.25, 0.3) is 0 Å². The number of ether oxygens (including phenoxy) is 1. The second kappa shape index (κ2) is 8.62. The molecule has 1 aromatic heterocycles. The SMILES string of the molecule is COc1ccc(C(=O)NCc2ccc(CN3CCCCC3)cc2)cn1. The Morgan fingerprint density at radius 3 is 2.44 bits per heavy atom. The van der Waals surface area contributed by atoms with Crippen LogP contribution in [0.2, 0.25) is 0 Å². The summed E-state index contributed by atoms with van der Waals surface area (Å²) >= 11 is 0. The Hall–Kier alpha value is -2.40. The Labute approximate surface area is 149 Å². The summed E-state index contributed by atoms with van der Waals surface area (Å²) in [4.78, 5) is 18.7. The number of hydrogen-bond donors (Lipinski definition) is 1. The number of likely N-dealkylation sites (tertiary alicyclic amines) is 1. The fourth-order valence-corrected chi connectivity index (χ4v) is 3.06. The van der Waals surface area contributed by atoms with Crippen LogP contribution in [-0.4, -0.2) is 36.0 Å². The third-order valence-electron chi connectivity index (χ3n) is 4.54. The number of amides is 1. The Morgan fingerprint density at radius 1 is 1.08 bits per heavy atom. The van der Waals surface area contributed by atoms with Gasteiger partial charge in [0, 0.05) is 25.4 Å². The highest BCUT2D eigenvalue weighted by atomic mass is 16.5. The third kappa shape index (κ3) is 5.03. The molecule has 0 spiro atoms. The Bertz CT molecular complexity index is 677. The normalized spacial score (nSPS) is 14.9. The van der Waals surface area contributed by atoms with E-state index in [4.69, 9.17) is 4.74 Å². The summed E-state index contributed by atoms with van der Waals surface area (Å²) in [6, 6.07) is 11.9. The van der Waals surface area contributed by atoms with Crippen molar-refractivity contribution in [3.63, 3.8) is 0 Å². The van der Waals surface area contributed by atoms with Gasteiger partial charge in [0.2, 0.25) is 5.88 Å². The lowest BCUT2D eigenvalue weighted by Crippen LogP contribution is -2.29. The molecule has 1 aliphatic heterocycles. The van der Waals surface area contributed by atoms with E-state index in [-0.39, 0.29) is 5.91 Å². The van der Waals surface area contributed by atoms with Crippen molar-refractivity contribution in [2.45, 2.75) is 32.4 Å². The first kappa shape index (κ1) is 17.4. The van der Waals surface area contributed by atoms with Crippen LogP contribution in [0.15, 0.2) is 42.6 Å². The van der Waals surface area contributed by atoms with Crippen molar-refractivity contribution in [3.8, 4) is 5.88 Å². The average Bonchev–Trinajstić information content (AvgIpc) is 2.68. The molecule has 0 aliphatic carbocycles. The number of methoxy groups -OCH3 is 1. The largest absolute Gasteiger partial charge is 0.481 e. The Kier molecular flexibility index (Phi) is 6.01. The maximum absolute atomic E-state index is 12.1. The number of piperidine rings is 1. The van der Waals surface area contributed by atoms with Crippen LogP contribution in [0.1, 0.15) is 40.7 Å². The van der Waals surface area contributed by atoms with Gasteiger partial charge in [0.05, 0.1) is 12.7 Å². The van der Waals surface area contributed by atoms with Gasteiger partial charge in [0.25, 0.3) is 5.91 Å². The van der Waals surface area contributed by atoms with E-state index in [2.05, 4.69) is 39.5 Å². The second-order valence-electron chi connectivity index (χ2n) is 6.43. The highest BCUT2D eigenvalue weighted by molar-refractivity contribution is 5.93. The zero-order valence-electron chi connectivity index (χ0n) is 14.7. The van der Waals surface area contributed by atoms with E-state index in [1.165, 1.54) is 44.1 Å². The Morgan fingerprint density at radius 2 is 1.80 bits per heavy atom. The lowest BCUT2D eigenvalue weighted by Gasteiger charge is -2.26. The zero-order chi connectivity index (χ0) is 17.5. The van der Waals surface area contributed by atoms with Crippen LogP contribution in [0.5, 0.6) is 5.88 Å². The molecule has 0 radical (unpaired) electrons. The van der Waals surface area contributed by atoms with Crippen molar-refractivity contribution in [2.75, 3.05) is 20.2 Å². The molecule has 5 nitrogen and oxygen atoms in total. The lowest BCUT2D eigenvalue weighted by atomic mass is 10.1. The minimum absolute atomic E-state index is 0.132. The molecule has 0 saturated carbocycles. The number of hydrogen-bond acceptors (Lipinski definition) is 4. The highest BCUT2D eigenvalue weighted by Crippen LogP contribution is 2.14. The predicted octanol–water partition coefficient (Wildman–Crippen LogP) is 3.01. The number of carbonyl (C=O) groups is 1. The van der Waals surface area contributed by atoms with E-state index in [1.54, 1.807) is 19.2 Å². The molecule has 132 valence electrons. The first-order chi connectivity index (χ1) is 12.2. The average molecular weight is 339 g/mol. The summed E-state index contributed by atoms with van der Waals surface area (Å²) in [5.74, 6) is 0.369. The Balaban J connectivity index is 1.49. The molecule has 2 heterocycles. The molecule has 25 heavy (non-hydrogen) atoms. The van der Waals surface area contributed by atoms with E-state index in [0.717, 1.165) is 12.1 Å². The summed E-state index contributed by atoms with van der Waals surface area (Å²) in [7, 11) is 1.55. The minimum atomic E-state index is -0.132. The predicted molar refractivity (Wildman–Crippen MR) is 97.5 cm³/mol. The number of benzene rings is 1.